The van der Waals surface area contributed by atoms with Gasteiger partial charge in [0.25, 0.3) is 0 Å². The van der Waals surface area contributed by atoms with Gasteiger partial charge in [0.2, 0.25) is 0 Å². The predicted octanol–water partition coefficient (Wildman–Crippen LogP) is 2.61. The zero-order valence-corrected chi connectivity index (χ0v) is 12.9. The Morgan fingerprint density at radius 3 is 2.35 bits per heavy atom. The fourth-order valence-electron chi connectivity index (χ4n) is 2.24. The minimum atomic E-state index is -0.751. The highest BCUT2D eigenvalue weighted by Gasteiger charge is 2.37. The molecular weight excluding hydrogens is 256 g/mol. The Morgan fingerprint density at radius 2 is 1.85 bits per heavy atom. The van der Waals surface area contributed by atoms with E-state index in [9.17, 15) is 9.59 Å². The molecular formula is C15H28N2O3. The molecule has 0 aromatic heterocycles. The summed E-state index contributed by atoms with van der Waals surface area (Å²) in [5, 5.41) is 14.5. The van der Waals surface area contributed by atoms with Gasteiger partial charge in [0.05, 0.1) is 0 Å². The topological polar surface area (TPSA) is 78.4 Å². The number of aliphatic carboxylic acids is 1. The van der Waals surface area contributed by atoms with Gasteiger partial charge in [-0.15, -0.1) is 0 Å². The molecule has 0 aliphatic heterocycles. The van der Waals surface area contributed by atoms with Crippen molar-refractivity contribution in [1.29, 1.82) is 0 Å². The molecule has 1 saturated carbocycles. The Kier molecular flexibility index (Phi) is 6.30. The molecule has 5 heteroatoms. The molecule has 1 atom stereocenters. The van der Waals surface area contributed by atoms with Gasteiger partial charge in [-0.05, 0) is 42.9 Å². The predicted molar refractivity (Wildman–Crippen MR) is 78.6 cm³/mol. The summed E-state index contributed by atoms with van der Waals surface area (Å²) in [7, 11) is 0. The molecule has 2 amide bonds. The number of hydrogen-bond acceptors (Lipinski definition) is 2. The van der Waals surface area contributed by atoms with Crippen LogP contribution in [0.15, 0.2) is 0 Å². The van der Waals surface area contributed by atoms with Gasteiger partial charge < -0.3 is 15.7 Å². The lowest BCUT2D eigenvalue weighted by Gasteiger charge is -2.20. The van der Waals surface area contributed by atoms with Crippen molar-refractivity contribution in [2.75, 3.05) is 13.1 Å². The van der Waals surface area contributed by atoms with Crippen LogP contribution in [0.3, 0.4) is 0 Å². The first-order chi connectivity index (χ1) is 9.32. The van der Waals surface area contributed by atoms with Gasteiger partial charge in [-0.1, -0.05) is 20.8 Å². The van der Waals surface area contributed by atoms with E-state index in [1.165, 1.54) is 12.8 Å². The van der Waals surface area contributed by atoms with E-state index < -0.39 is 5.97 Å². The number of carboxylic acid groups (broad SMARTS) is 1. The Balaban J connectivity index is 2.15. The van der Waals surface area contributed by atoms with Gasteiger partial charge >= 0.3 is 12.0 Å². The molecule has 0 bridgehead atoms. The molecule has 1 aliphatic carbocycles. The van der Waals surface area contributed by atoms with Crippen LogP contribution >= 0.6 is 0 Å². The van der Waals surface area contributed by atoms with Crippen molar-refractivity contribution in [3.8, 4) is 0 Å². The van der Waals surface area contributed by atoms with E-state index in [0.717, 1.165) is 13.0 Å². The molecule has 0 heterocycles. The Labute approximate surface area is 121 Å². The van der Waals surface area contributed by atoms with Gasteiger partial charge in [-0.3, -0.25) is 4.79 Å². The van der Waals surface area contributed by atoms with Gasteiger partial charge in [0.15, 0.2) is 0 Å². The standard InChI is InChI=1S/C15H28N2O3/c1-11(2)12(4-5-13(18)19)6-9-16-14(20)17-10-15(3)7-8-15/h11-12H,4-10H2,1-3H3,(H,18,19)(H2,16,17,20). The van der Waals surface area contributed by atoms with Crippen LogP contribution in [0.4, 0.5) is 4.79 Å². The van der Waals surface area contributed by atoms with Crippen LogP contribution in [0.2, 0.25) is 0 Å². The van der Waals surface area contributed by atoms with E-state index in [4.69, 9.17) is 5.11 Å². The van der Waals surface area contributed by atoms with Crippen molar-refractivity contribution in [3.05, 3.63) is 0 Å². The second-order valence-electron chi connectivity index (χ2n) is 6.65. The lowest BCUT2D eigenvalue weighted by atomic mass is 9.88. The largest absolute Gasteiger partial charge is 0.481 e. The smallest absolute Gasteiger partial charge is 0.314 e. The molecule has 116 valence electrons. The number of carbonyl (C=O) groups is 2. The number of nitrogens with one attached hydrogen (secondary N) is 2. The van der Waals surface area contributed by atoms with Crippen LogP contribution in [0.25, 0.3) is 0 Å². The van der Waals surface area contributed by atoms with Crippen molar-refractivity contribution in [2.45, 2.75) is 52.9 Å². The summed E-state index contributed by atoms with van der Waals surface area (Å²) < 4.78 is 0. The molecule has 20 heavy (non-hydrogen) atoms. The second kappa shape index (κ2) is 7.50. The van der Waals surface area contributed by atoms with Crippen LogP contribution in [-0.4, -0.2) is 30.2 Å². The third-order valence-electron chi connectivity index (χ3n) is 4.25. The van der Waals surface area contributed by atoms with Crippen molar-refractivity contribution in [1.82, 2.24) is 10.6 Å². The summed E-state index contributed by atoms with van der Waals surface area (Å²) in [5.74, 6) is 0.0240. The minimum absolute atomic E-state index is 0.112. The first-order valence-electron chi connectivity index (χ1n) is 7.56. The first-order valence-corrected chi connectivity index (χ1v) is 7.56. The highest BCUT2D eigenvalue weighted by Crippen LogP contribution is 2.43. The lowest BCUT2D eigenvalue weighted by Crippen LogP contribution is -2.39. The number of amides is 2. The molecule has 1 aliphatic rings. The normalized spacial score (nSPS) is 17.6. The van der Waals surface area contributed by atoms with Gasteiger partial charge in [0.1, 0.15) is 0 Å². The lowest BCUT2D eigenvalue weighted by molar-refractivity contribution is -0.137. The van der Waals surface area contributed by atoms with Gasteiger partial charge in [0, 0.05) is 19.5 Å². The number of rotatable bonds is 9. The maximum Gasteiger partial charge on any atom is 0.314 e. The maximum atomic E-state index is 11.6. The van der Waals surface area contributed by atoms with Gasteiger partial charge in [-0.2, -0.15) is 0 Å². The molecule has 1 rings (SSSR count). The van der Waals surface area contributed by atoms with Crippen molar-refractivity contribution in [3.63, 3.8) is 0 Å². The Bertz CT molecular complexity index is 338. The molecule has 0 spiro atoms. The summed E-state index contributed by atoms with van der Waals surface area (Å²) in [6.45, 7) is 7.71. The summed E-state index contributed by atoms with van der Waals surface area (Å²) in [5.41, 5.74) is 0.319. The molecule has 5 nitrogen and oxygen atoms in total. The quantitative estimate of drug-likeness (QED) is 0.609. The molecule has 3 N–H and O–H groups in total. The second-order valence-corrected chi connectivity index (χ2v) is 6.65. The van der Waals surface area contributed by atoms with Crippen molar-refractivity contribution >= 4 is 12.0 Å². The SMILES string of the molecule is CC(C)C(CCNC(=O)NCC1(C)CC1)CCC(=O)O. The molecule has 1 unspecified atom stereocenters. The van der Waals surface area contributed by atoms with E-state index >= 15 is 0 Å². The third-order valence-corrected chi connectivity index (χ3v) is 4.25. The Morgan fingerprint density at radius 1 is 1.20 bits per heavy atom. The number of urea groups is 1. The van der Waals surface area contributed by atoms with Crippen LogP contribution in [0.1, 0.15) is 52.9 Å². The van der Waals surface area contributed by atoms with Crippen molar-refractivity contribution < 1.29 is 14.7 Å². The number of carboxylic acids is 1. The zero-order chi connectivity index (χ0) is 15.2. The molecule has 0 aromatic carbocycles. The van der Waals surface area contributed by atoms with E-state index in [0.29, 0.717) is 30.2 Å². The zero-order valence-electron chi connectivity index (χ0n) is 12.9. The molecule has 0 saturated heterocycles. The summed E-state index contributed by atoms with van der Waals surface area (Å²) in [6, 6.07) is -0.112. The fraction of sp³-hybridized carbons (Fsp3) is 0.867. The molecule has 0 aromatic rings. The highest BCUT2D eigenvalue weighted by atomic mass is 16.4. The van der Waals surface area contributed by atoms with Crippen LogP contribution in [0.5, 0.6) is 0 Å². The molecule has 1 fully saturated rings. The van der Waals surface area contributed by atoms with Gasteiger partial charge in [-0.25, -0.2) is 4.79 Å². The summed E-state index contributed by atoms with van der Waals surface area (Å²) in [4.78, 5) is 22.2. The summed E-state index contributed by atoms with van der Waals surface area (Å²) in [6.07, 6.45) is 4.09. The highest BCUT2D eigenvalue weighted by molar-refractivity contribution is 5.73. The van der Waals surface area contributed by atoms with Crippen molar-refractivity contribution in [2.24, 2.45) is 17.3 Å². The van der Waals surface area contributed by atoms with E-state index in [1.54, 1.807) is 0 Å². The van der Waals surface area contributed by atoms with Crippen LogP contribution < -0.4 is 10.6 Å². The fourth-order valence-corrected chi connectivity index (χ4v) is 2.24. The van der Waals surface area contributed by atoms with Crippen LogP contribution in [-0.2, 0) is 4.79 Å². The average Bonchev–Trinajstić information content (AvgIpc) is 3.09. The Hall–Kier alpha value is -1.26. The van der Waals surface area contributed by atoms with E-state index in [-0.39, 0.29) is 12.5 Å². The number of carbonyl (C=O) groups excluding carboxylic acids is 1. The minimum Gasteiger partial charge on any atom is -0.481 e. The van der Waals surface area contributed by atoms with Crippen LogP contribution in [0, 0.1) is 17.3 Å². The third kappa shape index (κ3) is 6.78. The number of hydrogen-bond donors (Lipinski definition) is 3. The first kappa shape index (κ1) is 16.8. The monoisotopic (exact) mass is 284 g/mol. The maximum absolute atomic E-state index is 11.6. The summed E-state index contributed by atoms with van der Waals surface area (Å²) >= 11 is 0. The average molecular weight is 284 g/mol. The molecule has 0 radical (unpaired) electrons. The van der Waals surface area contributed by atoms with E-state index in [1.807, 2.05) is 0 Å². The van der Waals surface area contributed by atoms with E-state index in [2.05, 4.69) is 31.4 Å².